The zero-order valence-electron chi connectivity index (χ0n) is 11.3. The molecule has 0 saturated carbocycles. The Morgan fingerprint density at radius 1 is 1.42 bits per heavy atom. The molecule has 3 heterocycles. The molecule has 2 bridgehead atoms. The monoisotopic (exact) mass is 285 g/mol. The molecule has 1 N–H and O–H groups in total. The molecule has 0 spiro atoms. The lowest BCUT2D eigenvalue weighted by Gasteiger charge is -2.35. The smallest absolute Gasteiger partial charge is 0.292 e. The number of amides is 1. The van der Waals surface area contributed by atoms with Crippen molar-refractivity contribution in [3.63, 3.8) is 0 Å². The molecule has 0 aliphatic carbocycles. The fourth-order valence-corrected chi connectivity index (χ4v) is 3.15. The van der Waals surface area contributed by atoms with Crippen LogP contribution in [0.3, 0.4) is 0 Å². The van der Waals surface area contributed by atoms with E-state index in [1.807, 2.05) is 18.9 Å². The number of piperidine rings is 1. The van der Waals surface area contributed by atoms with E-state index in [4.69, 9.17) is 4.52 Å². The second kappa shape index (κ2) is 5.51. The van der Waals surface area contributed by atoms with Crippen molar-refractivity contribution in [2.45, 2.75) is 50.7 Å². The minimum atomic E-state index is -0.0538. The van der Waals surface area contributed by atoms with Gasteiger partial charge in [-0.3, -0.25) is 4.79 Å². The Morgan fingerprint density at radius 2 is 2.05 bits per heavy atom. The third kappa shape index (κ3) is 2.77. The van der Waals surface area contributed by atoms with Crippen LogP contribution in [0.4, 0.5) is 0 Å². The van der Waals surface area contributed by atoms with Gasteiger partial charge in [0.1, 0.15) is 0 Å². The fourth-order valence-electron chi connectivity index (χ4n) is 3.15. The highest BCUT2D eigenvalue weighted by Crippen LogP contribution is 2.29. The van der Waals surface area contributed by atoms with Crippen LogP contribution in [0.1, 0.15) is 41.9 Å². The number of nitrogens with one attached hydrogen (secondary N) is 1. The molecular formula is C13H20ClN3O2. The van der Waals surface area contributed by atoms with Crippen LogP contribution in [0.2, 0.25) is 0 Å². The van der Waals surface area contributed by atoms with E-state index in [9.17, 15) is 4.79 Å². The lowest BCUT2D eigenvalue weighted by Crippen LogP contribution is -2.48. The Bertz CT molecular complexity index is 450. The van der Waals surface area contributed by atoms with Crippen LogP contribution in [0.5, 0.6) is 0 Å². The highest BCUT2D eigenvalue weighted by atomic mass is 35.5. The fraction of sp³-hybridized carbons (Fsp3) is 0.692. The molecule has 2 aliphatic rings. The number of fused-ring (bicyclic) bond motifs is 2. The van der Waals surface area contributed by atoms with Crippen molar-refractivity contribution >= 4 is 18.3 Å². The predicted octanol–water partition coefficient (Wildman–Crippen LogP) is 1.76. The standard InChI is InChI=1S/C13H19N3O2.ClH/c1-8-5-12(18-15-8)13(17)16(2)11-6-9-3-4-10(7-11)14-9;/h5,9-11,14H,3-4,6-7H2,1-2H3;1H. The maximum absolute atomic E-state index is 12.3. The Kier molecular flexibility index (Phi) is 4.16. The molecule has 1 aromatic heterocycles. The van der Waals surface area contributed by atoms with Gasteiger partial charge in [-0.15, -0.1) is 12.4 Å². The highest BCUT2D eigenvalue weighted by Gasteiger charge is 2.37. The summed E-state index contributed by atoms with van der Waals surface area (Å²) in [7, 11) is 1.87. The molecule has 0 aromatic carbocycles. The molecule has 1 aromatic rings. The zero-order chi connectivity index (χ0) is 12.7. The predicted molar refractivity (Wildman–Crippen MR) is 73.5 cm³/mol. The van der Waals surface area contributed by atoms with Crippen molar-refractivity contribution in [1.29, 1.82) is 0 Å². The van der Waals surface area contributed by atoms with Crippen molar-refractivity contribution in [2.24, 2.45) is 0 Å². The van der Waals surface area contributed by atoms with Crippen LogP contribution in [0.15, 0.2) is 10.6 Å². The molecule has 3 rings (SSSR count). The second-order valence-corrected chi connectivity index (χ2v) is 5.51. The van der Waals surface area contributed by atoms with Gasteiger partial charge in [-0.25, -0.2) is 0 Å². The average molecular weight is 286 g/mol. The summed E-state index contributed by atoms with van der Waals surface area (Å²) in [5.41, 5.74) is 0.747. The van der Waals surface area contributed by atoms with Gasteiger partial charge in [0, 0.05) is 31.2 Å². The Hall–Kier alpha value is -1.07. The van der Waals surface area contributed by atoms with Crippen molar-refractivity contribution in [3.05, 3.63) is 17.5 Å². The average Bonchev–Trinajstić information content (AvgIpc) is 2.94. The molecule has 5 nitrogen and oxygen atoms in total. The first-order valence-corrected chi connectivity index (χ1v) is 6.60. The molecule has 2 fully saturated rings. The third-order valence-corrected chi connectivity index (χ3v) is 4.16. The zero-order valence-corrected chi connectivity index (χ0v) is 12.1. The summed E-state index contributed by atoms with van der Waals surface area (Å²) >= 11 is 0. The summed E-state index contributed by atoms with van der Waals surface area (Å²) in [6, 6.07) is 3.19. The molecule has 2 aliphatic heterocycles. The first-order valence-electron chi connectivity index (χ1n) is 6.60. The van der Waals surface area contributed by atoms with E-state index in [1.54, 1.807) is 6.07 Å². The minimum absolute atomic E-state index is 0. The van der Waals surface area contributed by atoms with Gasteiger partial charge >= 0.3 is 0 Å². The highest BCUT2D eigenvalue weighted by molar-refractivity contribution is 5.91. The van der Waals surface area contributed by atoms with E-state index in [0.717, 1.165) is 18.5 Å². The summed E-state index contributed by atoms with van der Waals surface area (Å²) < 4.78 is 5.05. The van der Waals surface area contributed by atoms with Gasteiger partial charge in [0.2, 0.25) is 5.76 Å². The van der Waals surface area contributed by atoms with Crippen molar-refractivity contribution < 1.29 is 9.32 Å². The molecule has 2 saturated heterocycles. The quantitative estimate of drug-likeness (QED) is 0.899. The maximum atomic E-state index is 12.3. The number of rotatable bonds is 2. The van der Waals surface area contributed by atoms with Gasteiger partial charge in [-0.1, -0.05) is 5.16 Å². The lowest BCUT2D eigenvalue weighted by atomic mass is 9.98. The topological polar surface area (TPSA) is 58.4 Å². The molecule has 19 heavy (non-hydrogen) atoms. The molecule has 0 radical (unpaired) electrons. The summed E-state index contributed by atoms with van der Waals surface area (Å²) in [5.74, 6) is 0.294. The normalized spacial score (nSPS) is 28.8. The van der Waals surface area contributed by atoms with E-state index < -0.39 is 0 Å². The number of carbonyl (C=O) groups excluding carboxylic acids is 1. The van der Waals surface area contributed by atoms with Crippen LogP contribution in [0, 0.1) is 6.92 Å². The Morgan fingerprint density at radius 3 is 2.58 bits per heavy atom. The van der Waals surface area contributed by atoms with Gasteiger partial charge in [0.25, 0.3) is 5.91 Å². The summed E-state index contributed by atoms with van der Waals surface area (Å²) in [5, 5.41) is 7.36. The molecule has 6 heteroatoms. The lowest BCUT2D eigenvalue weighted by molar-refractivity contribution is 0.0640. The van der Waals surface area contributed by atoms with Crippen LogP contribution >= 0.6 is 12.4 Å². The molecule has 2 unspecified atom stereocenters. The SMILES string of the molecule is Cc1cc(C(=O)N(C)C2CC3CCC(C2)N3)on1.Cl. The van der Waals surface area contributed by atoms with Gasteiger partial charge in [-0.2, -0.15) is 0 Å². The van der Waals surface area contributed by atoms with Gasteiger partial charge in [-0.05, 0) is 32.6 Å². The third-order valence-electron chi connectivity index (χ3n) is 4.16. The van der Waals surface area contributed by atoms with Crippen LogP contribution in [-0.4, -0.2) is 41.1 Å². The van der Waals surface area contributed by atoms with Crippen LogP contribution < -0.4 is 5.32 Å². The number of nitrogens with zero attached hydrogens (tertiary/aromatic N) is 2. The number of halogens is 1. The number of hydrogen-bond donors (Lipinski definition) is 1. The number of aryl methyl sites for hydroxylation is 1. The first-order chi connectivity index (χ1) is 8.63. The van der Waals surface area contributed by atoms with E-state index in [1.165, 1.54) is 12.8 Å². The number of carbonyl (C=O) groups is 1. The summed E-state index contributed by atoms with van der Waals surface area (Å²) in [4.78, 5) is 14.1. The molecule has 1 amide bonds. The van der Waals surface area contributed by atoms with E-state index >= 15 is 0 Å². The summed E-state index contributed by atoms with van der Waals surface area (Å²) in [6.07, 6.45) is 4.58. The Labute approximate surface area is 119 Å². The van der Waals surface area contributed by atoms with Gasteiger partial charge < -0.3 is 14.7 Å². The minimum Gasteiger partial charge on any atom is -0.351 e. The second-order valence-electron chi connectivity index (χ2n) is 5.51. The Balaban J connectivity index is 0.00000133. The summed E-state index contributed by atoms with van der Waals surface area (Å²) in [6.45, 7) is 1.82. The van der Waals surface area contributed by atoms with Crippen LogP contribution in [0.25, 0.3) is 0 Å². The first kappa shape index (κ1) is 14.3. The van der Waals surface area contributed by atoms with Gasteiger partial charge in [0.05, 0.1) is 5.69 Å². The number of aromatic nitrogens is 1. The maximum Gasteiger partial charge on any atom is 0.292 e. The van der Waals surface area contributed by atoms with E-state index in [2.05, 4.69) is 10.5 Å². The van der Waals surface area contributed by atoms with Gasteiger partial charge in [0.15, 0.2) is 0 Å². The molecule has 106 valence electrons. The van der Waals surface area contributed by atoms with E-state index in [0.29, 0.717) is 23.9 Å². The van der Waals surface area contributed by atoms with E-state index in [-0.39, 0.29) is 18.3 Å². The number of hydrogen-bond acceptors (Lipinski definition) is 4. The molecule has 2 atom stereocenters. The van der Waals surface area contributed by atoms with Crippen LogP contribution in [-0.2, 0) is 0 Å². The largest absolute Gasteiger partial charge is 0.351 e. The van der Waals surface area contributed by atoms with Crippen molar-refractivity contribution in [2.75, 3.05) is 7.05 Å². The van der Waals surface area contributed by atoms with Crippen molar-refractivity contribution in [3.8, 4) is 0 Å². The van der Waals surface area contributed by atoms with Crippen molar-refractivity contribution in [1.82, 2.24) is 15.4 Å². The molecular weight excluding hydrogens is 266 g/mol.